The number of ether oxygens (including phenoxy) is 1. The number of carbonyl (C=O) groups excluding carboxylic acids is 1. The van der Waals surface area contributed by atoms with E-state index in [9.17, 15) is 4.79 Å². The van der Waals surface area contributed by atoms with Crippen molar-refractivity contribution in [3.8, 4) is 0 Å². The van der Waals surface area contributed by atoms with E-state index >= 15 is 0 Å². The number of nitrogens with one attached hydrogen (secondary N) is 2. The van der Waals surface area contributed by atoms with Gasteiger partial charge in [-0.1, -0.05) is 12.1 Å². The number of hydrogen-bond donors (Lipinski definition) is 2. The van der Waals surface area contributed by atoms with Crippen LogP contribution in [0.4, 0.5) is 5.69 Å². The van der Waals surface area contributed by atoms with Gasteiger partial charge in [-0.3, -0.25) is 4.79 Å². The molecule has 16 heavy (non-hydrogen) atoms. The van der Waals surface area contributed by atoms with E-state index in [1.807, 2.05) is 24.3 Å². The lowest BCUT2D eigenvalue weighted by atomic mass is 10.3. The summed E-state index contributed by atoms with van der Waals surface area (Å²) < 4.78 is 5.78. The Labute approximate surface area is 103 Å². The van der Waals surface area contributed by atoms with Crippen LogP contribution in [0.3, 0.4) is 0 Å². The molecular formula is C11H15BrN2O2. The number of amides is 1. The van der Waals surface area contributed by atoms with Gasteiger partial charge in [0.15, 0.2) is 0 Å². The van der Waals surface area contributed by atoms with Gasteiger partial charge in [0.05, 0.1) is 13.2 Å². The molecule has 0 bridgehead atoms. The highest BCUT2D eigenvalue weighted by Gasteiger charge is 2.01. The second kappa shape index (κ2) is 7.24. The van der Waals surface area contributed by atoms with Crippen LogP contribution in [0.25, 0.3) is 0 Å². The standard InChI is InChI=1S/C11H15BrN2O2/c1-16-7-6-13-11(15)8-14-10-5-3-2-4-9(10)12/h2-5,14H,6-8H2,1H3,(H,13,15). The lowest BCUT2D eigenvalue weighted by Crippen LogP contribution is -2.32. The van der Waals surface area contributed by atoms with E-state index in [-0.39, 0.29) is 12.5 Å². The van der Waals surface area contributed by atoms with Crippen molar-refractivity contribution >= 4 is 27.5 Å². The van der Waals surface area contributed by atoms with Crippen LogP contribution in [0.1, 0.15) is 0 Å². The summed E-state index contributed by atoms with van der Waals surface area (Å²) in [4.78, 5) is 11.4. The molecule has 0 unspecified atom stereocenters. The Morgan fingerprint density at radius 1 is 1.44 bits per heavy atom. The van der Waals surface area contributed by atoms with Gasteiger partial charge in [-0.25, -0.2) is 0 Å². The lowest BCUT2D eigenvalue weighted by Gasteiger charge is -2.08. The number of para-hydroxylation sites is 1. The minimum absolute atomic E-state index is 0.0483. The first-order valence-corrected chi connectivity index (χ1v) is 5.77. The molecule has 5 heteroatoms. The summed E-state index contributed by atoms with van der Waals surface area (Å²) >= 11 is 3.40. The summed E-state index contributed by atoms with van der Waals surface area (Å²) in [5, 5.41) is 5.77. The molecule has 0 fully saturated rings. The second-order valence-electron chi connectivity index (χ2n) is 3.18. The molecule has 0 aliphatic rings. The maximum Gasteiger partial charge on any atom is 0.239 e. The van der Waals surface area contributed by atoms with Gasteiger partial charge in [-0.2, -0.15) is 0 Å². The summed E-state index contributed by atoms with van der Waals surface area (Å²) in [7, 11) is 1.60. The number of carbonyl (C=O) groups is 1. The molecule has 0 saturated carbocycles. The average Bonchev–Trinajstić information content (AvgIpc) is 2.28. The summed E-state index contributed by atoms with van der Waals surface area (Å²) in [6.45, 7) is 1.32. The van der Waals surface area contributed by atoms with Crippen LogP contribution in [-0.4, -0.2) is 32.7 Å². The van der Waals surface area contributed by atoms with Crippen LogP contribution in [-0.2, 0) is 9.53 Å². The third-order valence-electron chi connectivity index (χ3n) is 1.94. The molecule has 0 spiro atoms. The Morgan fingerprint density at radius 3 is 2.88 bits per heavy atom. The molecule has 2 N–H and O–H groups in total. The summed E-state index contributed by atoms with van der Waals surface area (Å²) in [5.74, 6) is -0.0483. The minimum Gasteiger partial charge on any atom is -0.383 e. The van der Waals surface area contributed by atoms with Crippen molar-refractivity contribution < 1.29 is 9.53 Å². The van der Waals surface area contributed by atoms with E-state index in [1.165, 1.54) is 0 Å². The number of benzene rings is 1. The van der Waals surface area contributed by atoms with Crippen LogP contribution in [0.2, 0.25) is 0 Å². The van der Waals surface area contributed by atoms with Crippen LogP contribution in [0, 0.1) is 0 Å². The Morgan fingerprint density at radius 2 is 2.19 bits per heavy atom. The molecule has 0 aliphatic carbocycles. The number of anilines is 1. The molecule has 88 valence electrons. The molecule has 1 aromatic carbocycles. The van der Waals surface area contributed by atoms with Crippen molar-refractivity contribution in [2.75, 3.05) is 32.1 Å². The van der Waals surface area contributed by atoms with E-state index in [1.54, 1.807) is 7.11 Å². The topological polar surface area (TPSA) is 50.4 Å². The summed E-state index contributed by atoms with van der Waals surface area (Å²) in [6.07, 6.45) is 0. The number of rotatable bonds is 6. The predicted octanol–water partition coefficient (Wildman–Crippen LogP) is 1.62. The van der Waals surface area contributed by atoms with Gasteiger partial charge in [-0.05, 0) is 28.1 Å². The van der Waals surface area contributed by atoms with Crippen molar-refractivity contribution in [2.45, 2.75) is 0 Å². The number of hydrogen-bond acceptors (Lipinski definition) is 3. The maximum atomic E-state index is 11.4. The van der Waals surface area contributed by atoms with Crippen LogP contribution in [0.15, 0.2) is 28.7 Å². The highest BCUT2D eigenvalue weighted by molar-refractivity contribution is 9.10. The molecule has 4 nitrogen and oxygen atoms in total. The first-order valence-electron chi connectivity index (χ1n) is 4.98. The van der Waals surface area contributed by atoms with Gasteiger partial charge in [0.25, 0.3) is 0 Å². The van der Waals surface area contributed by atoms with Crippen LogP contribution < -0.4 is 10.6 Å². The SMILES string of the molecule is COCCNC(=O)CNc1ccccc1Br. The van der Waals surface area contributed by atoms with Crippen LogP contribution >= 0.6 is 15.9 Å². The molecule has 1 amide bonds. The third kappa shape index (κ3) is 4.63. The zero-order valence-corrected chi connectivity index (χ0v) is 10.7. The van der Waals surface area contributed by atoms with Gasteiger partial charge >= 0.3 is 0 Å². The van der Waals surface area contributed by atoms with Gasteiger partial charge < -0.3 is 15.4 Å². The Bertz CT molecular complexity index is 345. The molecule has 0 atom stereocenters. The zero-order chi connectivity index (χ0) is 11.8. The quantitative estimate of drug-likeness (QED) is 0.782. The van der Waals surface area contributed by atoms with E-state index in [2.05, 4.69) is 26.6 Å². The van der Waals surface area contributed by atoms with Crippen molar-refractivity contribution in [1.29, 1.82) is 0 Å². The van der Waals surface area contributed by atoms with E-state index in [4.69, 9.17) is 4.74 Å². The Kier molecular flexibility index (Phi) is 5.88. The first kappa shape index (κ1) is 13.0. The highest BCUT2D eigenvalue weighted by atomic mass is 79.9. The Hall–Kier alpha value is -1.07. The van der Waals surface area contributed by atoms with Gasteiger partial charge in [-0.15, -0.1) is 0 Å². The van der Waals surface area contributed by atoms with Crippen molar-refractivity contribution in [1.82, 2.24) is 5.32 Å². The molecule has 0 saturated heterocycles. The van der Waals surface area contributed by atoms with E-state index < -0.39 is 0 Å². The summed E-state index contributed by atoms with van der Waals surface area (Å²) in [5.41, 5.74) is 0.907. The smallest absolute Gasteiger partial charge is 0.239 e. The fraction of sp³-hybridized carbons (Fsp3) is 0.364. The fourth-order valence-electron chi connectivity index (χ4n) is 1.14. The minimum atomic E-state index is -0.0483. The van der Waals surface area contributed by atoms with E-state index in [0.717, 1.165) is 10.2 Å². The van der Waals surface area contributed by atoms with Crippen LogP contribution in [0.5, 0.6) is 0 Å². The number of methoxy groups -OCH3 is 1. The Balaban J connectivity index is 2.29. The second-order valence-corrected chi connectivity index (χ2v) is 4.03. The molecule has 1 aromatic rings. The first-order chi connectivity index (χ1) is 7.74. The molecular weight excluding hydrogens is 272 g/mol. The third-order valence-corrected chi connectivity index (χ3v) is 2.63. The molecule has 0 aliphatic heterocycles. The molecule has 1 rings (SSSR count). The molecule has 0 radical (unpaired) electrons. The molecule has 0 heterocycles. The summed E-state index contributed by atoms with van der Waals surface area (Å²) in [6, 6.07) is 7.67. The van der Waals surface area contributed by atoms with Gasteiger partial charge in [0.1, 0.15) is 0 Å². The zero-order valence-electron chi connectivity index (χ0n) is 9.13. The number of halogens is 1. The lowest BCUT2D eigenvalue weighted by molar-refractivity contribution is -0.119. The fourth-order valence-corrected chi connectivity index (χ4v) is 1.56. The van der Waals surface area contributed by atoms with Gasteiger partial charge in [0, 0.05) is 23.8 Å². The predicted molar refractivity (Wildman–Crippen MR) is 67.5 cm³/mol. The largest absolute Gasteiger partial charge is 0.383 e. The maximum absolute atomic E-state index is 11.4. The van der Waals surface area contributed by atoms with Crippen molar-refractivity contribution in [3.63, 3.8) is 0 Å². The monoisotopic (exact) mass is 286 g/mol. The average molecular weight is 287 g/mol. The van der Waals surface area contributed by atoms with E-state index in [0.29, 0.717) is 13.2 Å². The normalized spacial score (nSPS) is 9.88. The van der Waals surface area contributed by atoms with Crippen molar-refractivity contribution in [3.05, 3.63) is 28.7 Å². The van der Waals surface area contributed by atoms with Crippen molar-refractivity contribution in [2.24, 2.45) is 0 Å². The molecule has 0 aromatic heterocycles. The van der Waals surface area contributed by atoms with Gasteiger partial charge in [0.2, 0.25) is 5.91 Å². The highest BCUT2D eigenvalue weighted by Crippen LogP contribution is 2.20.